The van der Waals surface area contributed by atoms with Crippen molar-refractivity contribution in [3.05, 3.63) is 68.9 Å². The molecule has 0 aliphatic carbocycles. The molecule has 2 aromatic rings. The van der Waals surface area contributed by atoms with Gasteiger partial charge >= 0.3 is 5.91 Å². The number of halogens is 2. The molecule has 0 spiro atoms. The molecule has 0 radical (unpaired) electrons. The Morgan fingerprint density at radius 1 is 0.917 bits per heavy atom. The maximum atomic E-state index is 12.8. The zero-order valence-electron chi connectivity index (χ0n) is 12.9. The molecule has 4 nitrogen and oxygen atoms in total. The van der Waals surface area contributed by atoms with E-state index in [2.05, 4.69) is 0 Å². The molecular formula is C18H13Cl2NO3. The second-order valence-corrected chi connectivity index (χ2v) is 6.48. The molecule has 0 bridgehead atoms. The molecule has 1 aliphatic rings. The summed E-state index contributed by atoms with van der Waals surface area (Å²) < 4.78 is 0. The first-order chi connectivity index (χ1) is 11.3. The Balaban J connectivity index is 2.11. The maximum Gasteiger partial charge on any atom is 0.301 e. The smallest absolute Gasteiger partial charge is 0.301 e. The number of nitrogens with zero attached hydrogens (tertiary/aromatic N) is 1. The van der Waals surface area contributed by atoms with Crippen LogP contribution >= 0.6 is 23.2 Å². The molecule has 3 rings (SSSR count). The molecule has 2 amide bonds. The first-order valence-electron chi connectivity index (χ1n) is 7.15. The summed E-state index contributed by atoms with van der Waals surface area (Å²) in [6, 6.07) is 9.85. The number of amides is 2. The summed E-state index contributed by atoms with van der Waals surface area (Å²) in [5.41, 5.74) is 2.37. The van der Waals surface area contributed by atoms with Crippen molar-refractivity contribution in [1.29, 1.82) is 0 Å². The van der Waals surface area contributed by atoms with Crippen LogP contribution < -0.4 is 4.90 Å². The van der Waals surface area contributed by atoms with Crippen LogP contribution in [0.3, 0.4) is 0 Å². The molecule has 122 valence electrons. The predicted octanol–water partition coefficient (Wildman–Crippen LogP) is 4.45. The summed E-state index contributed by atoms with van der Waals surface area (Å²) in [5.74, 6) is -2.01. The van der Waals surface area contributed by atoms with Crippen molar-refractivity contribution in [2.24, 2.45) is 0 Å². The molecule has 24 heavy (non-hydrogen) atoms. The largest absolute Gasteiger partial charge is 0.502 e. The van der Waals surface area contributed by atoms with Crippen molar-refractivity contribution in [3.63, 3.8) is 0 Å². The minimum Gasteiger partial charge on any atom is -0.502 e. The lowest BCUT2D eigenvalue weighted by Crippen LogP contribution is -2.31. The highest BCUT2D eigenvalue weighted by Gasteiger charge is 2.41. The number of aliphatic hydroxyl groups excluding tert-OH is 1. The number of carbonyl (C=O) groups is 2. The summed E-state index contributed by atoms with van der Waals surface area (Å²) in [6.45, 7) is 3.73. The van der Waals surface area contributed by atoms with E-state index in [0.29, 0.717) is 10.7 Å². The van der Waals surface area contributed by atoms with Crippen LogP contribution in [0.15, 0.2) is 42.2 Å². The van der Waals surface area contributed by atoms with Crippen molar-refractivity contribution < 1.29 is 14.7 Å². The van der Waals surface area contributed by atoms with E-state index in [1.807, 2.05) is 19.9 Å². The fourth-order valence-electron chi connectivity index (χ4n) is 2.77. The van der Waals surface area contributed by atoms with Gasteiger partial charge in [-0.05, 0) is 49.2 Å². The molecular weight excluding hydrogens is 349 g/mol. The van der Waals surface area contributed by atoms with E-state index in [-0.39, 0.29) is 16.2 Å². The van der Waals surface area contributed by atoms with Crippen molar-refractivity contribution in [2.75, 3.05) is 4.90 Å². The average molecular weight is 362 g/mol. The van der Waals surface area contributed by atoms with Crippen LogP contribution in [0.1, 0.15) is 16.7 Å². The van der Waals surface area contributed by atoms with Crippen LogP contribution in [-0.4, -0.2) is 16.9 Å². The number of rotatable bonds is 2. The molecule has 0 unspecified atom stereocenters. The number of hydrogen-bond acceptors (Lipinski definition) is 3. The highest BCUT2D eigenvalue weighted by atomic mass is 35.5. The standard InChI is InChI=1S/C18H13Cl2NO3/c1-9-5-10(2)7-12(6-9)21-17(23)15(16(22)18(21)24)13-4-3-11(19)8-14(13)20/h3-8,22H,1-2H3. The Kier molecular flexibility index (Phi) is 4.11. The summed E-state index contributed by atoms with van der Waals surface area (Å²) >= 11 is 12.0. The fraction of sp³-hybridized carbons (Fsp3) is 0.111. The number of carbonyl (C=O) groups excluding carboxylic acids is 2. The molecule has 6 heteroatoms. The Labute approximate surface area is 148 Å². The number of imide groups is 1. The second kappa shape index (κ2) is 5.96. The molecule has 0 saturated carbocycles. The SMILES string of the molecule is Cc1cc(C)cc(N2C(=O)C(O)=C(c3ccc(Cl)cc3Cl)C2=O)c1. The monoisotopic (exact) mass is 361 g/mol. The molecule has 1 aliphatic heterocycles. The van der Waals surface area contributed by atoms with Gasteiger partial charge in [-0.2, -0.15) is 0 Å². The minimum atomic E-state index is -0.772. The topological polar surface area (TPSA) is 57.6 Å². The number of anilines is 1. The van der Waals surface area contributed by atoms with E-state index in [1.165, 1.54) is 12.1 Å². The quantitative estimate of drug-likeness (QED) is 0.803. The van der Waals surface area contributed by atoms with Gasteiger partial charge in [0.05, 0.1) is 16.3 Å². The van der Waals surface area contributed by atoms with Crippen molar-refractivity contribution >= 4 is 46.3 Å². The lowest BCUT2D eigenvalue weighted by Gasteiger charge is -2.16. The summed E-state index contributed by atoms with van der Waals surface area (Å²) in [7, 11) is 0. The highest BCUT2D eigenvalue weighted by Crippen LogP contribution is 2.36. The third-order valence-electron chi connectivity index (χ3n) is 3.72. The van der Waals surface area contributed by atoms with E-state index in [9.17, 15) is 14.7 Å². The fourth-order valence-corrected chi connectivity index (χ4v) is 3.27. The van der Waals surface area contributed by atoms with Gasteiger partial charge in [-0.15, -0.1) is 0 Å². The molecule has 0 aromatic heterocycles. The van der Waals surface area contributed by atoms with Crippen molar-refractivity contribution in [1.82, 2.24) is 0 Å². The number of aryl methyl sites for hydroxylation is 2. The lowest BCUT2D eigenvalue weighted by atomic mass is 10.1. The van der Waals surface area contributed by atoms with Gasteiger partial charge in [-0.3, -0.25) is 9.59 Å². The summed E-state index contributed by atoms with van der Waals surface area (Å²) in [5, 5.41) is 10.8. The van der Waals surface area contributed by atoms with E-state index >= 15 is 0 Å². The van der Waals surface area contributed by atoms with Gasteiger partial charge < -0.3 is 5.11 Å². The van der Waals surface area contributed by atoms with Crippen LogP contribution in [-0.2, 0) is 9.59 Å². The van der Waals surface area contributed by atoms with Gasteiger partial charge in [0.15, 0.2) is 5.76 Å². The van der Waals surface area contributed by atoms with E-state index < -0.39 is 17.6 Å². The van der Waals surface area contributed by atoms with E-state index in [1.54, 1.807) is 18.2 Å². The third kappa shape index (κ3) is 2.68. The summed E-state index contributed by atoms with van der Waals surface area (Å²) in [4.78, 5) is 26.2. The zero-order valence-corrected chi connectivity index (χ0v) is 14.4. The molecule has 1 heterocycles. The van der Waals surface area contributed by atoms with Crippen LogP contribution in [0.4, 0.5) is 5.69 Å². The van der Waals surface area contributed by atoms with Crippen LogP contribution in [0.25, 0.3) is 5.57 Å². The third-order valence-corrected chi connectivity index (χ3v) is 4.27. The number of benzene rings is 2. The van der Waals surface area contributed by atoms with E-state index in [4.69, 9.17) is 23.2 Å². The maximum absolute atomic E-state index is 12.8. The molecule has 0 atom stereocenters. The Morgan fingerprint density at radius 3 is 2.12 bits per heavy atom. The van der Waals surface area contributed by atoms with Crippen molar-refractivity contribution in [3.8, 4) is 0 Å². The Morgan fingerprint density at radius 2 is 1.54 bits per heavy atom. The molecule has 0 saturated heterocycles. The predicted molar refractivity (Wildman–Crippen MR) is 94.4 cm³/mol. The highest BCUT2D eigenvalue weighted by molar-refractivity contribution is 6.47. The first-order valence-corrected chi connectivity index (χ1v) is 7.91. The van der Waals surface area contributed by atoms with Gasteiger partial charge in [0.2, 0.25) is 0 Å². The van der Waals surface area contributed by atoms with Gasteiger partial charge in [-0.1, -0.05) is 35.3 Å². The molecule has 1 N–H and O–H groups in total. The normalized spacial score (nSPS) is 14.8. The average Bonchev–Trinajstić information content (AvgIpc) is 2.69. The van der Waals surface area contributed by atoms with Crippen molar-refractivity contribution in [2.45, 2.75) is 13.8 Å². The Bertz CT molecular complexity index is 898. The number of aliphatic hydroxyl groups is 1. The zero-order chi connectivity index (χ0) is 17.6. The number of hydrogen-bond donors (Lipinski definition) is 1. The minimum absolute atomic E-state index is 0.124. The molecule has 2 aromatic carbocycles. The van der Waals surface area contributed by atoms with Crippen LogP contribution in [0.2, 0.25) is 10.0 Å². The van der Waals surface area contributed by atoms with E-state index in [0.717, 1.165) is 16.0 Å². The second-order valence-electron chi connectivity index (χ2n) is 5.64. The molecule has 0 fully saturated rings. The lowest BCUT2D eigenvalue weighted by molar-refractivity contribution is -0.121. The van der Waals surface area contributed by atoms with Gasteiger partial charge in [0, 0.05) is 10.6 Å². The van der Waals surface area contributed by atoms with Gasteiger partial charge in [0.25, 0.3) is 5.91 Å². The van der Waals surface area contributed by atoms with Gasteiger partial charge in [-0.25, -0.2) is 4.90 Å². The van der Waals surface area contributed by atoms with Crippen LogP contribution in [0, 0.1) is 13.8 Å². The first kappa shape index (κ1) is 16.6. The summed E-state index contributed by atoms with van der Waals surface area (Å²) in [6.07, 6.45) is 0. The Hall–Kier alpha value is -2.30. The van der Waals surface area contributed by atoms with Gasteiger partial charge in [0.1, 0.15) is 0 Å². The van der Waals surface area contributed by atoms with Crippen LogP contribution in [0.5, 0.6) is 0 Å².